The third-order valence-corrected chi connectivity index (χ3v) is 3.69. The molecule has 0 spiro atoms. The zero-order chi connectivity index (χ0) is 9.42. The smallest absolute Gasteiger partial charge is 0.102 e. The number of fused-ring (bicyclic) bond motifs is 1. The first-order chi connectivity index (χ1) is 6.24. The van der Waals surface area contributed by atoms with Crippen molar-refractivity contribution < 1.29 is 4.21 Å². The van der Waals surface area contributed by atoms with E-state index in [4.69, 9.17) is 5.26 Å². The third-order valence-electron chi connectivity index (χ3n) is 2.19. The highest BCUT2D eigenvalue weighted by molar-refractivity contribution is 7.85. The summed E-state index contributed by atoms with van der Waals surface area (Å²) in [5, 5.41) is 8.88. The van der Waals surface area contributed by atoms with E-state index in [1.165, 1.54) is 0 Å². The quantitative estimate of drug-likeness (QED) is 0.614. The minimum atomic E-state index is -0.982. The van der Waals surface area contributed by atoms with Crippen LogP contribution in [-0.4, -0.2) is 14.9 Å². The Morgan fingerprint density at radius 2 is 2.46 bits per heavy atom. The van der Waals surface area contributed by atoms with E-state index < -0.39 is 10.8 Å². The van der Waals surface area contributed by atoms with Crippen LogP contribution in [0.3, 0.4) is 0 Å². The van der Waals surface area contributed by atoms with E-state index in [1.54, 1.807) is 13.1 Å². The third kappa shape index (κ3) is 1.16. The van der Waals surface area contributed by atoms with E-state index in [2.05, 4.69) is 11.1 Å². The molecule has 0 radical (unpaired) electrons. The second-order valence-corrected chi connectivity index (χ2v) is 4.49. The lowest BCUT2D eigenvalue weighted by molar-refractivity contribution is 0.685. The Morgan fingerprint density at radius 3 is 3.15 bits per heavy atom. The standard InChI is InChI=1S/C9H8N2OS/c1-6-8(4-10)9-7(5-11-6)2-3-13(9)12/h5H,2-3H2,1H3. The molecular formula is C9H8N2OS. The molecule has 0 amide bonds. The monoisotopic (exact) mass is 192 g/mol. The minimum Gasteiger partial charge on any atom is -0.260 e. The van der Waals surface area contributed by atoms with Crippen molar-refractivity contribution in [3.63, 3.8) is 0 Å². The Balaban J connectivity index is 2.76. The largest absolute Gasteiger partial charge is 0.260 e. The lowest BCUT2D eigenvalue weighted by Crippen LogP contribution is -1.97. The van der Waals surface area contributed by atoms with Crippen LogP contribution < -0.4 is 0 Å². The van der Waals surface area contributed by atoms with Crippen molar-refractivity contribution in [2.24, 2.45) is 0 Å². The summed E-state index contributed by atoms with van der Waals surface area (Å²) in [7, 11) is -0.982. The average Bonchev–Trinajstić information content (AvgIpc) is 2.49. The number of rotatable bonds is 0. The molecule has 0 bridgehead atoms. The van der Waals surface area contributed by atoms with Gasteiger partial charge in [0.05, 0.1) is 27.0 Å². The van der Waals surface area contributed by atoms with Gasteiger partial charge < -0.3 is 0 Å². The first-order valence-electron chi connectivity index (χ1n) is 4.01. The minimum absolute atomic E-state index is 0.508. The molecular weight excluding hydrogens is 184 g/mol. The van der Waals surface area contributed by atoms with E-state index in [0.29, 0.717) is 17.0 Å². The topological polar surface area (TPSA) is 53.8 Å². The van der Waals surface area contributed by atoms with Crippen LogP contribution in [0.4, 0.5) is 0 Å². The highest BCUT2D eigenvalue weighted by Gasteiger charge is 2.23. The van der Waals surface area contributed by atoms with Gasteiger partial charge in [0, 0.05) is 11.9 Å². The maximum Gasteiger partial charge on any atom is 0.102 e. The molecule has 2 rings (SSSR count). The van der Waals surface area contributed by atoms with E-state index in [-0.39, 0.29) is 0 Å². The predicted molar refractivity (Wildman–Crippen MR) is 48.7 cm³/mol. The van der Waals surface area contributed by atoms with Gasteiger partial charge in [-0.1, -0.05) is 0 Å². The predicted octanol–water partition coefficient (Wildman–Crippen LogP) is 0.925. The second-order valence-electron chi connectivity index (χ2n) is 2.98. The number of aromatic nitrogens is 1. The highest BCUT2D eigenvalue weighted by atomic mass is 32.2. The van der Waals surface area contributed by atoms with Crippen molar-refractivity contribution in [2.45, 2.75) is 18.2 Å². The Labute approximate surface area is 78.9 Å². The maximum atomic E-state index is 11.5. The van der Waals surface area contributed by atoms with Crippen LogP contribution in [-0.2, 0) is 17.2 Å². The number of nitriles is 1. The van der Waals surface area contributed by atoms with E-state index in [1.807, 2.05) is 0 Å². The fourth-order valence-corrected chi connectivity index (χ4v) is 2.97. The molecule has 1 unspecified atom stereocenters. The van der Waals surface area contributed by atoms with Gasteiger partial charge >= 0.3 is 0 Å². The van der Waals surface area contributed by atoms with Crippen molar-refractivity contribution >= 4 is 10.8 Å². The van der Waals surface area contributed by atoms with Gasteiger partial charge in [-0.3, -0.25) is 9.19 Å². The summed E-state index contributed by atoms with van der Waals surface area (Å²) < 4.78 is 11.5. The summed E-state index contributed by atoms with van der Waals surface area (Å²) in [6.45, 7) is 1.77. The fourth-order valence-electron chi connectivity index (χ4n) is 1.50. The van der Waals surface area contributed by atoms with Gasteiger partial charge in [-0.05, 0) is 18.9 Å². The highest BCUT2D eigenvalue weighted by Crippen LogP contribution is 2.26. The Bertz CT molecular complexity index is 434. The maximum absolute atomic E-state index is 11.5. The first-order valence-corrected chi connectivity index (χ1v) is 5.33. The number of aryl methyl sites for hydroxylation is 2. The zero-order valence-corrected chi connectivity index (χ0v) is 8.02. The van der Waals surface area contributed by atoms with Gasteiger partial charge in [0.15, 0.2) is 0 Å². The molecule has 1 aliphatic rings. The number of pyridine rings is 1. The summed E-state index contributed by atoms with van der Waals surface area (Å²) in [6.07, 6.45) is 2.51. The van der Waals surface area contributed by atoms with Gasteiger partial charge in [-0.25, -0.2) is 0 Å². The van der Waals surface area contributed by atoms with E-state index in [0.717, 1.165) is 16.9 Å². The molecule has 1 aliphatic heterocycles. The number of nitrogens with zero attached hydrogens (tertiary/aromatic N) is 2. The van der Waals surface area contributed by atoms with Crippen molar-refractivity contribution in [1.29, 1.82) is 5.26 Å². The molecule has 4 heteroatoms. The van der Waals surface area contributed by atoms with Gasteiger partial charge in [-0.15, -0.1) is 0 Å². The SMILES string of the molecule is Cc1ncc2c(c1C#N)S(=O)CC2. The lowest BCUT2D eigenvalue weighted by Gasteiger charge is -2.01. The van der Waals surface area contributed by atoms with Crippen LogP contribution in [0.25, 0.3) is 0 Å². The van der Waals surface area contributed by atoms with Crippen molar-refractivity contribution in [3.8, 4) is 6.07 Å². The molecule has 1 aromatic rings. The molecule has 1 atom stereocenters. The van der Waals surface area contributed by atoms with Crippen LogP contribution in [0.15, 0.2) is 11.1 Å². The molecule has 0 aromatic carbocycles. The molecule has 2 heterocycles. The van der Waals surface area contributed by atoms with Crippen molar-refractivity contribution in [2.75, 3.05) is 5.75 Å². The molecule has 3 nitrogen and oxygen atoms in total. The van der Waals surface area contributed by atoms with E-state index in [9.17, 15) is 4.21 Å². The van der Waals surface area contributed by atoms with Crippen LogP contribution in [0, 0.1) is 18.3 Å². The fraction of sp³-hybridized carbons (Fsp3) is 0.333. The first kappa shape index (κ1) is 8.39. The lowest BCUT2D eigenvalue weighted by atomic mass is 10.1. The summed E-state index contributed by atoms with van der Waals surface area (Å²) in [5.41, 5.74) is 2.16. The molecule has 1 aromatic heterocycles. The molecule has 0 aliphatic carbocycles. The molecule has 0 N–H and O–H groups in total. The number of hydrogen-bond acceptors (Lipinski definition) is 3. The van der Waals surface area contributed by atoms with Crippen LogP contribution in [0.2, 0.25) is 0 Å². The molecule has 13 heavy (non-hydrogen) atoms. The summed E-state index contributed by atoms with van der Waals surface area (Å²) >= 11 is 0. The van der Waals surface area contributed by atoms with Gasteiger partial charge in [0.1, 0.15) is 6.07 Å². The van der Waals surface area contributed by atoms with Gasteiger partial charge in [0.2, 0.25) is 0 Å². The molecule has 66 valence electrons. The zero-order valence-electron chi connectivity index (χ0n) is 7.20. The second kappa shape index (κ2) is 2.93. The van der Waals surface area contributed by atoms with E-state index >= 15 is 0 Å². The van der Waals surface area contributed by atoms with Crippen LogP contribution >= 0.6 is 0 Å². The average molecular weight is 192 g/mol. The van der Waals surface area contributed by atoms with Crippen LogP contribution in [0.5, 0.6) is 0 Å². The van der Waals surface area contributed by atoms with Crippen molar-refractivity contribution in [1.82, 2.24) is 4.98 Å². The van der Waals surface area contributed by atoms with Gasteiger partial charge in [-0.2, -0.15) is 5.26 Å². The Morgan fingerprint density at radius 1 is 1.69 bits per heavy atom. The number of hydrogen-bond donors (Lipinski definition) is 0. The summed E-state index contributed by atoms with van der Waals surface area (Å²) in [5.74, 6) is 0.634. The normalized spacial score (nSPS) is 19.5. The Hall–Kier alpha value is -1.21. The molecule has 0 saturated carbocycles. The molecule has 0 saturated heterocycles. The van der Waals surface area contributed by atoms with Crippen LogP contribution in [0.1, 0.15) is 16.8 Å². The Kier molecular flexibility index (Phi) is 1.89. The summed E-state index contributed by atoms with van der Waals surface area (Å²) in [6, 6.07) is 2.07. The van der Waals surface area contributed by atoms with Gasteiger partial charge in [0.25, 0.3) is 0 Å². The summed E-state index contributed by atoms with van der Waals surface area (Å²) in [4.78, 5) is 4.82. The molecule has 0 fully saturated rings. The van der Waals surface area contributed by atoms with Crippen molar-refractivity contribution in [3.05, 3.63) is 23.0 Å².